The van der Waals surface area contributed by atoms with Crippen molar-refractivity contribution in [3.63, 3.8) is 0 Å². The van der Waals surface area contributed by atoms with E-state index in [1.54, 1.807) is 11.8 Å². The van der Waals surface area contributed by atoms with Gasteiger partial charge in [-0.15, -0.1) is 0 Å². The lowest BCUT2D eigenvalue weighted by Crippen LogP contribution is -2.30. The van der Waals surface area contributed by atoms with Gasteiger partial charge < -0.3 is 5.32 Å². The summed E-state index contributed by atoms with van der Waals surface area (Å²) in [6.45, 7) is 2.09. The lowest BCUT2D eigenvalue weighted by atomic mass is 9.87. The third-order valence-corrected chi connectivity index (χ3v) is 7.33. The molecule has 1 N–H and O–H groups in total. The number of aliphatic imine (C=N–C) groups is 1. The van der Waals surface area contributed by atoms with Crippen LogP contribution in [0.25, 0.3) is 0 Å². The molecule has 0 fully saturated rings. The normalized spacial score (nSPS) is 17.0. The number of aryl methyl sites for hydroxylation is 1. The van der Waals surface area contributed by atoms with Crippen molar-refractivity contribution < 1.29 is 4.79 Å². The summed E-state index contributed by atoms with van der Waals surface area (Å²) in [6.07, 6.45) is 3.94. The number of hydrogen-bond acceptors (Lipinski definition) is 3. The maximum absolute atomic E-state index is 13.1. The zero-order valence-corrected chi connectivity index (χ0v) is 18.9. The molecule has 5 rings (SSSR count). The van der Waals surface area contributed by atoms with E-state index < -0.39 is 0 Å². The van der Waals surface area contributed by atoms with Crippen LogP contribution in [0.2, 0.25) is 5.02 Å². The number of amides is 1. The Hall–Kier alpha value is -2.56. The molecule has 0 saturated heterocycles. The number of nitrogens with zero attached hydrogens (tertiary/aromatic N) is 1. The van der Waals surface area contributed by atoms with Crippen molar-refractivity contribution in [3.8, 4) is 0 Å². The van der Waals surface area contributed by atoms with Gasteiger partial charge in [0, 0.05) is 31.7 Å². The first-order valence-electron chi connectivity index (χ1n) is 10.7. The average molecular weight is 447 g/mol. The van der Waals surface area contributed by atoms with E-state index in [1.807, 2.05) is 42.5 Å². The summed E-state index contributed by atoms with van der Waals surface area (Å²) < 4.78 is 0. The molecule has 3 nitrogen and oxygen atoms in total. The Balaban J connectivity index is 1.45. The number of carbonyl (C=O) groups is 1. The molecule has 0 aromatic heterocycles. The zero-order valence-electron chi connectivity index (χ0n) is 17.3. The van der Waals surface area contributed by atoms with Crippen molar-refractivity contribution >= 4 is 40.7 Å². The highest BCUT2D eigenvalue weighted by Crippen LogP contribution is 2.42. The predicted molar refractivity (Wildman–Crippen MR) is 128 cm³/mol. The Bertz CT molecular complexity index is 1200. The number of carbonyl (C=O) groups excluding carboxylic acids is 1. The molecule has 0 saturated carbocycles. The summed E-state index contributed by atoms with van der Waals surface area (Å²) in [5.74, 6) is -0.0486. The van der Waals surface area contributed by atoms with E-state index in [2.05, 4.69) is 30.4 Å². The highest BCUT2D eigenvalue weighted by Gasteiger charge is 2.23. The van der Waals surface area contributed by atoms with Gasteiger partial charge in [-0.25, -0.2) is 0 Å². The van der Waals surface area contributed by atoms with Crippen molar-refractivity contribution in [3.05, 3.63) is 87.9 Å². The Kier molecular flexibility index (Phi) is 5.59. The van der Waals surface area contributed by atoms with Gasteiger partial charge in [0.05, 0.1) is 11.7 Å². The third kappa shape index (κ3) is 4.02. The molecule has 0 bridgehead atoms. The van der Waals surface area contributed by atoms with E-state index in [0.717, 1.165) is 52.4 Å². The maximum Gasteiger partial charge on any atom is 0.251 e. The number of benzene rings is 3. The van der Waals surface area contributed by atoms with Crippen LogP contribution < -0.4 is 5.32 Å². The molecule has 0 spiro atoms. The lowest BCUT2D eigenvalue weighted by Gasteiger charge is -2.26. The Morgan fingerprint density at radius 3 is 2.84 bits per heavy atom. The van der Waals surface area contributed by atoms with E-state index in [0.29, 0.717) is 10.6 Å². The van der Waals surface area contributed by atoms with Crippen LogP contribution in [0, 0.1) is 0 Å². The minimum atomic E-state index is -0.0486. The maximum atomic E-state index is 13.1. The molecule has 31 heavy (non-hydrogen) atoms. The average Bonchev–Trinajstić information content (AvgIpc) is 2.95. The molecule has 156 valence electrons. The quantitative estimate of drug-likeness (QED) is 0.464. The Labute approximate surface area is 191 Å². The SMILES string of the molecule is CCC1=Nc2cc(C(=O)N[C@@H]3CCCc4ccccc43)ccc2Sc2ccc(Cl)cc21. The summed E-state index contributed by atoms with van der Waals surface area (Å²) in [6, 6.07) is 20.2. The van der Waals surface area contributed by atoms with E-state index in [1.165, 1.54) is 11.1 Å². The number of nitrogens with one attached hydrogen (secondary N) is 1. The Morgan fingerprint density at radius 1 is 1.13 bits per heavy atom. The van der Waals surface area contributed by atoms with Crippen LogP contribution in [0.1, 0.15) is 59.3 Å². The molecule has 0 unspecified atom stereocenters. The molecule has 1 aliphatic carbocycles. The fourth-order valence-electron chi connectivity index (χ4n) is 4.39. The predicted octanol–water partition coefficient (Wildman–Crippen LogP) is 7.14. The van der Waals surface area contributed by atoms with Crippen LogP contribution >= 0.6 is 23.4 Å². The standard InChI is InChI=1S/C26H23ClN2OS/c1-2-21-20-15-18(27)11-13-24(20)31-25-12-10-17(14-23(25)28-21)26(30)29-22-9-5-7-16-6-3-4-8-19(16)22/h3-4,6,8,10-15,22H,2,5,7,9H2,1H3,(H,29,30)/t22-/m1/s1. The number of fused-ring (bicyclic) bond motifs is 3. The molecule has 1 aliphatic heterocycles. The van der Waals surface area contributed by atoms with Crippen molar-refractivity contribution in [2.24, 2.45) is 4.99 Å². The molecule has 3 aromatic carbocycles. The van der Waals surface area contributed by atoms with Gasteiger partial charge in [-0.05, 0) is 73.2 Å². The van der Waals surface area contributed by atoms with E-state index >= 15 is 0 Å². The second-order valence-electron chi connectivity index (χ2n) is 7.95. The summed E-state index contributed by atoms with van der Waals surface area (Å²) in [7, 11) is 0. The first-order valence-corrected chi connectivity index (χ1v) is 11.9. The van der Waals surface area contributed by atoms with E-state index in [-0.39, 0.29) is 11.9 Å². The largest absolute Gasteiger partial charge is 0.345 e. The second kappa shape index (κ2) is 8.52. The number of rotatable bonds is 3. The highest BCUT2D eigenvalue weighted by atomic mass is 35.5. The van der Waals surface area contributed by atoms with Crippen LogP contribution in [-0.2, 0) is 6.42 Å². The van der Waals surface area contributed by atoms with Gasteiger partial charge in [-0.2, -0.15) is 0 Å². The van der Waals surface area contributed by atoms with E-state index in [4.69, 9.17) is 16.6 Å². The number of halogens is 1. The minimum Gasteiger partial charge on any atom is -0.345 e. The van der Waals surface area contributed by atoms with Crippen molar-refractivity contribution in [1.29, 1.82) is 0 Å². The van der Waals surface area contributed by atoms with Crippen LogP contribution in [-0.4, -0.2) is 11.6 Å². The summed E-state index contributed by atoms with van der Waals surface area (Å²) in [4.78, 5) is 20.2. The van der Waals surface area contributed by atoms with Crippen LogP contribution in [0.4, 0.5) is 5.69 Å². The first-order chi connectivity index (χ1) is 15.1. The lowest BCUT2D eigenvalue weighted by molar-refractivity contribution is 0.0932. The van der Waals surface area contributed by atoms with Gasteiger partial charge in [0.2, 0.25) is 0 Å². The number of hydrogen-bond donors (Lipinski definition) is 1. The van der Waals surface area contributed by atoms with Gasteiger partial charge >= 0.3 is 0 Å². The van der Waals surface area contributed by atoms with Gasteiger partial charge in [-0.1, -0.05) is 54.6 Å². The molecule has 3 aromatic rings. The van der Waals surface area contributed by atoms with Crippen LogP contribution in [0.5, 0.6) is 0 Å². The molecule has 0 radical (unpaired) electrons. The summed E-state index contributed by atoms with van der Waals surface area (Å²) in [5, 5.41) is 3.96. The van der Waals surface area contributed by atoms with E-state index in [9.17, 15) is 4.79 Å². The fourth-order valence-corrected chi connectivity index (χ4v) is 5.57. The van der Waals surface area contributed by atoms with Gasteiger partial charge in [0.25, 0.3) is 5.91 Å². The topological polar surface area (TPSA) is 41.5 Å². The smallest absolute Gasteiger partial charge is 0.251 e. The minimum absolute atomic E-state index is 0.0486. The van der Waals surface area contributed by atoms with Crippen LogP contribution in [0.15, 0.2) is 75.4 Å². The van der Waals surface area contributed by atoms with Crippen molar-refractivity contribution in [2.45, 2.75) is 48.4 Å². The van der Waals surface area contributed by atoms with Crippen molar-refractivity contribution in [1.82, 2.24) is 5.32 Å². The third-order valence-electron chi connectivity index (χ3n) is 5.96. The molecule has 1 amide bonds. The zero-order chi connectivity index (χ0) is 21.4. The van der Waals surface area contributed by atoms with Gasteiger partial charge in [-0.3, -0.25) is 9.79 Å². The molecular formula is C26H23ClN2OS. The van der Waals surface area contributed by atoms with Gasteiger partial charge in [0.15, 0.2) is 0 Å². The fraction of sp³-hybridized carbons (Fsp3) is 0.231. The van der Waals surface area contributed by atoms with Crippen LogP contribution in [0.3, 0.4) is 0 Å². The monoisotopic (exact) mass is 446 g/mol. The first kappa shape index (κ1) is 20.3. The molecule has 1 atom stereocenters. The summed E-state index contributed by atoms with van der Waals surface area (Å²) in [5.41, 5.74) is 6.12. The molecular weight excluding hydrogens is 424 g/mol. The molecule has 1 heterocycles. The van der Waals surface area contributed by atoms with Crippen molar-refractivity contribution in [2.75, 3.05) is 0 Å². The molecule has 5 heteroatoms. The second-order valence-corrected chi connectivity index (χ2v) is 9.47. The van der Waals surface area contributed by atoms with Gasteiger partial charge in [0.1, 0.15) is 0 Å². The summed E-state index contributed by atoms with van der Waals surface area (Å²) >= 11 is 7.91. The molecule has 2 aliphatic rings. The highest BCUT2D eigenvalue weighted by molar-refractivity contribution is 7.99. The Morgan fingerprint density at radius 2 is 1.97 bits per heavy atom.